The van der Waals surface area contributed by atoms with Crippen LogP contribution in [0.15, 0.2) is 42.5 Å². The number of nitrogens with two attached hydrogens (primary N) is 1. The number of amides is 1. The summed E-state index contributed by atoms with van der Waals surface area (Å²) < 4.78 is 0. The molecule has 0 bridgehead atoms. The van der Waals surface area contributed by atoms with Crippen molar-refractivity contribution in [2.75, 3.05) is 0 Å². The molecule has 0 aliphatic rings. The quantitative estimate of drug-likeness (QED) is 0.879. The highest BCUT2D eigenvalue weighted by atomic mass is 35.5. The van der Waals surface area contributed by atoms with Gasteiger partial charge in [-0.3, -0.25) is 4.79 Å². The van der Waals surface area contributed by atoms with E-state index in [9.17, 15) is 4.79 Å². The molecule has 0 aliphatic heterocycles. The van der Waals surface area contributed by atoms with E-state index in [1.807, 2.05) is 31.2 Å². The van der Waals surface area contributed by atoms with Gasteiger partial charge in [-0.15, -0.1) is 12.4 Å². The molecular weight excluding hydrogens is 308 g/mol. The molecule has 0 radical (unpaired) electrons. The molecule has 4 heteroatoms. The van der Waals surface area contributed by atoms with E-state index >= 15 is 0 Å². The Hall–Kier alpha value is -1.84. The lowest BCUT2D eigenvalue weighted by atomic mass is 10.00. The van der Waals surface area contributed by atoms with E-state index in [0.29, 0.717) is 12.1 Å². The first-order valence-corrected chi connectivity index (χ1v) is 7.65. The fraction of sp³-hybridized carbons (Fsp3) is 0.316. The summed E-state index contributed by atoms with van der Waals surface area (Å²) in [6, 6.07) is 13.9. The summed E-state index contributed by atoms with van der Waals surface area (Å²) in [6.45, 7) is 6.73. The number of hydrogen-bond acceptors (Lipinski definition) is 2. The zero-order valence-electron chi connectivity index (χ0n) is 13.9. The lowest BCUT2D eigenvalue weighted by Crippen LogP contribution is -2.34. The summed E-state index contributed by atoms with van der Waals surface area (Å²) in [4.78, 5) is 12.2. The Balaban J connectivity index is 0.00000264. The average molecular weight is 333 g/mol. The Bertz CT molecular complexity index is 653. The highest BCUT2D eigenvalue weighted by Gasteiger charge is 2.11. The summed E-state index contributed by atoms with van der Waals surface area (Å²) in [5.74, 6) is -0.0409. The van der Waals surface area contributed by atoms with E-state index in [2.05, 4.69) is 37.4 Å². The van der Waals surface area contributed by atoms with Gasteiger partial charge in [0.2, 0.25) is 0 Å². The van der Waals surface area contributed by atoms with Crippen LogP contribution in [-0.2, 0) is 13.0 Å². The molecule has 3 nitrogen and oxygen atoms in total. The average Bonchev–Trinajstić information content (AvgIpc) is 2.50. The highest BCUT2D eigenvalue weighted by molar-refractivity contribution is 5.94. The second-order valence-electron chi connectivity index (χ2n) is 5.91. The molecule has 0 aromatic heterocycles. The largest absolute Gasteiger partial charge is 0.349 e. The van der Waals surface area contributed by atoms with Crippen molar-refractivity contribution in [2.45, 2.75) is 39.8 Å². The number of benzene rings is 2. The number of hydrogen-bond donors (Lipinski definition) is 2. The molecule has 1 unspecified atom stereocenters. The molecule has 0 heterocycles. The van der Waals surface area contributed by atoms with Crippen LogP contribution in [0.3, 0.4) is 0 Å². The van der Waals surface area contributed by atoms with Gasteiger partial charge in [0.05, 0.1) is 0 Å². The number of aryl methyl sites for hydroxylation is 2. The zero-order chi connectivity index (χ0) is 16.1. The molecule has 0 fully saturated rings. The van der Waals surface area contributed by atoms with Crippen molar-refractivity contribution >= 4 is 18.3 Å². The maximum absolute atomic E-state index is 12.2. The Labute approximate surface area is 144 Å². The molecular formula is C19H25ClN2O. The van der Waals surface area contributed by atoms with Crippen LogP contribution in [0.25, 0.3) is 0 Å². The summed E-state index contributed by atoms with van der Waals surface area (Å²) >= 11 is 0. The molecule has 124 valence electrons. The normalized spacial score (nSPS) is 11.5. The third-order valence-corrected chi connectivity index (χ3v) is 3.85. The van der Waals surface area contributed by atoms with Gasteiger partial charge in [0.25, 0.3) is 5.91 Å². The van der Waals surface area contributed by atoms with Gasteiger partial charge >= 0.3 is 0 Å². The molecule has 1 amide bonds. The van der Waals surface area contributed by atoms with E-state index in [0.717, 1.165) is 12.0 Å². The first kappa shape index (κ1) is 19.2. The maximum atomic E-state index is 12.2. The molecule has 2 rings (SSSR count). The highest BCUT2D eigenvalue weighted by Crippen LogP contribution is 2.13. The monoisotopic (exact) mass is 332 g/mol. The molecule has 2 aromatic rings. The van der Waals surface area contributed by atoms with Crippen molar-refractivity contribution in [3.63, 3.8) is 0 Å². The second-order valence-corrected chi connectivity index (χ2v) is 5.91. The van der Waals surface area contributed by atoms with Gasteiger partial charge in [0, 0.05) is 18.2 Å². The van der Waals surface area contributed by atoms with Crippen LogP contribution < -0.4 is 11.1 Å². The molecule has 0 saturated heterocycles. The molecule has 2 aromatic carbocycles. The third kappa shape index (κ3) is 5.38. The van der Waals surface area contributed by atoms with Crippen LogP contribution in [-0.4, -0.2) is 11.9 Å². The van der Waals surface area contributed by atoms with Crippen molar-refractivity contribution < 1.29 is 4.79 Å². The molecule has 23 heavy (non-hydrogen) atoms. The number of carbonyl (C=O) groups is 1. The SMILES string of the molecule is Cc1ccc(CC(C)NC(=O)c2ccc(CN)cc2)c(C)c1.Cl. The van der Waals surface area contributed by atoms with Gasteiger partial charge in [-0.05, 0) is 56.0 Å². The summed E-state index contributed by atoms with van der Waals surface area (Å²) in [5, 5.41) is 3.05. The van der Waals surface area contributed by atoms with Gasteiger partial charge in [0.1, 0.15) is 0 Å². The van der Waals surface area contributed by atoms with Crippen LogP contribution in [0.5, 0.6) is 0 Å². The Morgan fingerprint density at radius 3 is 2.35 bits per heavy atom. The van der Waals surface area contributed by atoms with Crippen LogP contribution >= 0.6 is 12.4 Å². The van der Waals surface area contributed by atoms with E-state index in [-0.39, 0.29) is 24.4 Å². The molecule has 0 spiro atoms. The fourth-order valence-electron chi connectivity index (χ4n) is 2.56. The fourth-order valence-corrected chi connectivity index (χ4v) is 2.56. The van der Waals surface area contributed by atoms with Crippen LogP contribution in [0.2, 0.25) is 0 Å². The van der Waals surface area contributed by atoms with E-state index < -0.39 is 0 Å². The topological polar surface area (TPSA) is 55.1 Å². The molecule has 0 aliphatic carbocycles. The molecule has 1 atom stereocenters. The van der Waals surface area contributed by atoms with Crippen LogP contribution in [0.4, 0.5) is 0 Å². The Kier molecular flexibility index (Phi) is 7.27. The lowest BCUT2D eigenvalue weighted by molar-refractivity contribution is 0.0940. The first-order chi connectivity index (χ1) is 10.5. The Morgan fingerprint density at radius 1 is 1.13 bits per heavy atom. The number of nitrogens with one attached hydrogen (secondary N) is 1. The van der Waals surface area contributed by atoms with Crippen molar-refractivity contribution in [3.05, 3.63) is 70.3 Å². The molecule has 3 N–H and O–H groups in total. The third-order valence-electron chi connectivity index (χ3n) is 3.85. The van der Waals surface area contributed by atoms with Gasteiger partial charge < -0.3 is 11.1 Å². The van der Waals surface area contributed by atoms with Crippen LogP contribution in [0.1, 0.15) is 39.5 Å². The second kappa shape index (κ2) is 8.70. The van der Waals surface area contributed by atoms with E-state index in [4.69, 9.17) is 5.73 Å². The van der Waals surface area contributed by atoms with Crippen molar-refractivity contribution in [1.29, 1.82) is 0 Å². The predicted molar refractivity (Wildman–Crippen MR) is 98.1 cm³/mol. The maximum Gasteiger partial charge on any atom is 0.251 e. The zero-order valence-corrected chi connectivity index (χ0v) is 14.7. The minimum atomic E-state index is -0.0409. The van der Waals surface area contributed by atoms with Gasteiger partial charge in [0.15, 0.2) is 0 Å². The summed E-state index contributed by atoms with van der Waals surface area (Å²) in [7, 11) is 0. The van der Waals surface area contributed by atoms with Gasteiger partial charge in [-0.25, -0.2) is 0 Å². The molecule has 0 saturated carbocycles. The smallest absolute Gasteiger partial charge is 0.251 e. The minimum Gasteiger partial charge on any atom is -0.349 e. The van der Waals surface area contributed by atoms with Gasteiger partial charge in [-0.1, -0.05) is 35.9 Å². The summed E-state index contributed by atoms with van der Waals surface area (Å²) in [6.07, 6.45) is 0.832. The minimum absolute atomic E-state index is 0. The van der Waals surface area contributed by atoms with Crippen molar-refractivity contribution in [3.8, 4) is 0 Å². The standard InChI is InChI=1S/C19H24N2O.ClH/c1-13-4-7-18(14(2)10-13)11-15(3)21-19(22)17-8-5-16(12-20)6-9-17;/h4-10,15H,11-12,20H2,1-3H3,(H,21,22);1H. The first-order valence-electron chi connectivity index (χ1n) is 7.65. The number of rotatable bonds is 5. The number of carbonyl (C=O) groups excluding carboxylic acids is 1. The lowest BCUT2D eigenvalue weighted by Gasteiger charge is -2.16. The van der Waals surface area contributed by atoms with Crippen molar-refractivity contribution in [1.82, 2.24) is 5.32 Å². The summed E-state index contributed by atoms with van der Waals surface area (Å²) in [5.41, 5.74) is 11.1. The number of halogens is 1. The van der Waals surface area contributed by atoms with E-state index in [1.165, 1.54) is 16.7 Å². The Morgan fingerprint density at radius 2 is 1.78 bits per heavy atom. The predicted octanol–water partition coefficient (Wildman–Crippen LogP) is 3.54. The van der Waals surface area contributed by atoms with E-state index in [1.54, 1.807) is 0 Å². The van der Waals surface area contributed by atoms with Crippen LogP contribution in [0, 0.1) is 13.8 Å². The van der Waals surface area contributed by atoms with Crippen molar-refractivity contribution in [2.24, 2.45) is 5.73 Å². The van der Waals surface area contributed by atoms with Gasteiger partial charge in [-0.2, -0.15) is 0 Å².